The second-order valence-electron chi connectivity index (χ2n) is 6.20. The van der Waals surface area contributed by atoms with E-state index in [1.54, 1.807) is 7.11 Å². The van der Waals surface area contributed by atoms with Crippen LogP contribution in [0.5, 0.6) is 17.2 Å². The van der Waals surface area contributed by atoms with E-state index in [-0.39, 0.29) is 19.2 Å². The Morgan fingerprint density at radius 1 is 1.14 bits per heavy atom. The van der Waals surface area contributed by atoms with Gasteiger partial charge in [-0.15, -0.1) is 0 Å². The first kappa shape index (κ1) is 17.8. The molecule has 1 N–H and O–H groups in total. The molecule has 0 aliphatic carbocycles. The van der Waals surface area contributed by atoms with Gasteiger partial charge in [0.15, 0.2) is 11.5 Å². The van der Waals surface area contributed by atoms with Crippen LogP contribution in [-0.4, -0.2) is 30.0 Å². The molecule has 0 bridgehead atoms. The van der Waals surface area contributed by atoms with Gasteiger partial charge in [-0.1, -0.05) is 11.2 Å². The molecule has 3 aromatic rings. The highest BCUT2D eigenvalue weighted by molar-refractivity contribution is 5.76. The predicted molar refractivity (Wildman–Crippen MR) is 99.0 cm³/mol. The predicted octanol–water partition coefficient (Wildman–Crippen LogP) is 2.72. The largest absolute Gasteiger partial charge is 0.497 e. The molecular formula is C20H19N3O5. The average Bonchev–Trinajstić information content (AvgIpc) is 3.39. The number of nitrogens with zero attached hydrogens (tertiary/aromatic N) is 2. The fourth-order valence-corrected chi connectivity index (χ4v) is 2.80. The fraction of sp³-hybridized carbons (Fsp3) is 0.250. The van der Waals surface area contributed by atoms with Crippen molar-refractivity contribution in [3.63, 3.8) is 0 Å². The monoisotopic (exact) mass is 381 g/mol. The van der Waals surface area contributed by atoms with Crippen LogP contribution in [0.3, 0.4) is 0 Å². The number of carbonyl (C=O) groups excluding carboxylic acids is 1. The number of benzene rings is 2. The first-order chi connectivity index (χ1) is 13.7. The Kier molecular flexibility index (Phi) is 5.09. The van der Waals surface area contributed by atoms with Crippen LogP contribution in [0.4, 0.5) is 0 Å². The number of aryl methyl sites for hydroxylation is 1. The van der Waals surface area contributed by atoms with Crippen molar-refractivity contribution in [3.05, 3.63) is 53.9 Å². The van der Waals surface area contributed by atoms with Crippen molar-refractivity contribution in [2.45, 2.75) is 19.4 Å². The van der Waals surface area contributed by atoms with Gasteiger partial charge in [0.05, 0.1) is 13.7 Å². The highest BCUT2D eigenvalue weighted by Gasteiger charge is 2.14. The van der Waals surface area contributed by atoms with Gasteiger partial charge in [0.1, 0.15) is 5.75 Å². The summed E-state index contributed by atoms with van der Waals surface area (Å²) in [6.45, 7) is 0.422. The minimum atomic E-state index is -0.0955. The highest BCUT2D eigenvalue weighted by atomic mass is 16.7. The smallest absolute Gasteiger partial charge is 0.246 e. The zero-order valence-corrected chi connectivity index (χ0v) is 15.3. The second kappa shape index (κ2) is 7.99. The van der Waals surface area contributed by atoms with Gasteiger partial charge in [0.2, 0.25) is 24.4 Å². The Hall–Kier alpha value is -3.55. The van der Waals surface area contributed by atoms with Crippen LogP contribution in [0.15, 0.2) is 47.0 Å². The SMILES string of the molecule is COc1ccc(-c2noc(CNC(=O)CCc3ccc4c(c3)OCO4)n2)cc1. The highest BCUT2D eigenvalue weighted by Crippen LogP contribution is 2.32. The Bertz CT molecular complexity index is 968. The molecule has 28 heavy (non-hydrogen) atoms. The maximum absolute atomic E-state index is 12.1. The third-order valence-corrected chi connectivity index (χ3v) is 4.33. The molecule has 0 radical (unpaired) electrons. The number of methoxy groups -OCH3 is 1. The van der Waals surface area contributed by atoms with E-state index in [1.165, 1.54) is 0 Å². The minimum Gasteiger partial charge on any atom is -0.497 e. The van der Waals surface area contributed by atoms with Gasteiger partial charge in [-0.3, -0.25) is 4.79 Å². The van der Waals surface area contributed by atoms with Gasteiger partial charge >= 0.3 is 0 Å². The molecule has 0 saturated heterocycles. The Balaban J connectivity index is 1.27. The number of aromatic nitrogens is 2. The van der Waals surface area contributed by atoms with Gasteiger partial charge in [-0.05, 0) is 48.4 Å². The van der Waals surface area contributed by atoms with Crippen molar-refractivity contribution in [1.82, 2.24) is 15.5 Å². The van der Waals surface area contributed by atoms with Crippen LogP contribution in [0.25, 0.3) is 11.4 Å². The molecule has 2 heterocycles. The van der Waals surface area contributed by atoms with Crippen molar-refractivity contribution in [2.24, 2.45) is 0 Å². The lowest BCUT2D eigenvalue weighted by Crippen LogP contribution is -2.23. The van der Waals surface area contributed by atoms with E-state index in [0.29, 0.717) is 24.6 Å². The summed E-state index contributed by atoms with van der Waals surface area (Å²) >= 11 is 0. The van der Waals surface area contributed by atoms with Crippen LogP contribution in [-0.2, 0) is 17.8 Å². The van der Waals surface area contributed by atoms with E-state index in [4.69, 9.17) is 18.7 Å². The molecule has 0 fully saturated rings. The number of ether oxygens (including phenoxy) is 3. The van der Waals surface area contributed by atoms with Gasteiger partial charge < -0.3 is 24.1 Å². The Morgan fingerprint density at radius 3 is 2.79 bits per heavy atom. The van der Waals surface area contributed by atoms with Crippen molar-refractivity contribution in [1.29, 1.82) is 0 Å². The number of nitrogens with one attached hydrogen (secondary N) is 1. The average molecular weight is 381 g/mol. The van der Waals surface area contributed by atoms with Gasteiger partial charge in [0.25, 0.3) is 0 Å². The fourth-order valence-electron chi connectivity index (χ4n) is 2.80. The molecule has 0 atom stereocenters. The summed E-state index contributed by atoms with van der Waals surface area (Å²) in [7, 11) is 1.61. The van der Waals surface area contributed by atoms with Crippen LogP contribution in [0, 0.1) is 0 Å². The summed E-state index contributed by atoms with van der Waals surface area (Å²) in [6.07, 6.45) is 0.947. The molecule has 1 aromatic heterocycles. The number of rotatable bonds is 7. The number of carbonyl (C=O) groups is 1. The molecule has 0 unspecified atom stereocenters. The second-order valence-corrected chi connectivity index (χ2v) is 6.20. The quantitative estimate of drug-likeness (QED) is 0.672. The number of fused-ring (bicyclic) bond motifs is 1. The molecule has 144 valence electrons. The van der Waals surface area contributed by atoms with Crippen LogP contribution in [0.2, 0.25) is 0 Å². The van der Waals surface area contributed by atoms with Gasteiger partial charge in [-0.25, -0.2) is 0 Å². The molecule has 0 saturated carbocycles. The van der Waals surface area contributed by atoms with E-state index < -0.39 is 0 Å². The van der Waals surface area contributed by atoms with Crippen LogP contribution >= 0.6 is 0 Å². The number of hydrogen-bond acceptors (Lipinski definition) is 7. The molecule has 1 aliphatic heterocycles. The lowest BCUT2D eigenvalue weighted by molar-refractivity contribution is -0.121. The molecule has 2 aromatic carbocycles. The van der Waals surface area contributed by atoms with Crippen molar-refractivity contribution in [2.75, 3.05) is 13.9 Å². The topological polar surface area (TPSA) is 95.7 Å². The van der Waals surface area contributed by atoms with Crippen molar-refractivity contribution >= 4 is 5.91 Å². The van der Waals surface area contributed by atoms with E-state index in [1.807, 2.05) is 42.5 Å². The zero-order valence-electron chi connectivity index (χ0n) is 15.3. The number of amides is 1. The van der Waals surface area contributed by atoms with E-state index >= 15 is 0 Å². The molecule has 0 spiro atoms. The van der Waals surface area contributed by atoms with Gasteiger partial charge in [0, 0.05) is 12.0 Å². The van der Waals surface area contributed by atoms with E-state index in [0.717, 1.165) is 28.4 Å². The third kappa shape index (κ3) is 4.06. The maximum Gasteiger partial charge on any atom is 0.246 e. The lowest BCUT2D eigenvalue weighted by atomic mass is 10.1. The third-order valence-electron chi connectivity index (χ3n) is 4.33. The summed E-state index contributed by atoms with van der Waals surface area (Å²) in [5.74, 6) is 2.92. The minimum absolute atomic E-state index is 0.0955. The zero-order chi connectivity index (χ0) is 19.3. The molecule has 8 heteroatoms. The summed E-state index contributed by atoms with van der Waals surface area (Å²) < 4.78 is 21.0. The van der Waals surface area contributed by atoms with Crippen LogP contribution in [0.1, 0.15) is 17.9 Å². The molecule has 1 amide bonds. The Morgan fingerprint density at radius 2 is 1.96 bits per heavy atom. The first-order valence-corrected chi connectivity index (χ1v) is 8.83. The lowest BCUT2D eigenvalue weighted by Gasteiger charge is -2.04. The maximum atomic E-state index is 12.1. The standard InChI is InChI=1S/C20H19N3O5/c1-25-15-6-4-14(5-7-15)20-22-19(28-23-20)11-21-18(24)9-3-13-2-8-16-17(10-13)27-12-26-16/h2,4-8,10H,3,9,11-12H2,1H3,(H,21,24). The molecule has 1 aliphatic rings. The molecule has 8 nitrogen and oxygen atoms in total. The van der Waals surface area contributed by atoms with E-state index in [9.17, 15) is 4.79 Å². The van der Waals surface area contributed by atoms with Gasteiger partial charge in [-0.2, -0.15) is 4.98 Å². The summed E-state index contributed by atoms with van der Waals surface area (Å²) in [5, 5.41) is 6.74. The number of hydrogen-bond donors (Lipinski definition) is 1. The first-order valence-electron chi connectivity index (χ1n) is 8.83. The van der Waals surface area contributed by atoms with Crippen molar-refractivity contribution in [3.8, 4) is 28.6 Å². The summed E-state index contributed by atoms with van der Waals surface area (Å²) in [6, 6.07) is 13.0. The Labute approximate surface area is 161 Å². The summed E-state index contributed by atoms with van der Waals surface area (Å²) in [5.41, 5.74) is 1.82. The van der Waals surface area contributed by atoms with Crippen LogP contribution < -0.4 is 19.5 Å². The molecular weight excluding hydrogens is 362 g/mol. The normalized spacial score (nSPS) is 12.0. The summed E-state index contributed by atoms with van der Waals surface area (Å²) in [4.78, 5) is 16.4. The van der Waals surface area contributed by atoms with Crippen molar-refractivity contribution < 1.29 is 23.5 Å². The molecule has 4 rings (SSSR count). The van der Waals surface area contributed by atoms with E-state index in [2.05, 4.69) is 15.5 Å².